The van der Waals surface area contributed by atoms with Gasteiger partial charge in [0.1, 0.15) is 5.60 Å². The van der Waals surface area contributed by atoms with Crippen molar-refractivity contribution in [2.24, 2.45) is 11.3 Å². The molecule has 0 N–H and O–H groups in total. The third-order valence-corrected chi connectivity index (χ3v) is 2.08. The minimum Gasteiger partial charge on any atom is -0.364 e. The quantitative estimate of drug-likeness (QED) is 0.574. The van der Waals surface area contributed by atoms with Crippen LogP contribution < -0.4 is 0 Å². The maximum absolute atomic E-state index is 8.70. The second kappa shape index (κ2) is 3.05. The third kappa shape index (κ3) is 2.23. The summed E-state index contributed by atoms with van der Waals surface area (Å²) in [6, 6.07) is 2.19. The third-order valence-electron chi connectivity index (χ3n) is 2.08. The molecule has 0 aromatic heterocycles. The van der Waals surface area contributed by atoms with Gasteiger partial charge in [0, 0.05) is 18.9 Å². The van der Waals surface area contributed by atoms with Crippen LogP contribution in [-0.4, -0.2) is 12.7 Å². The molecular weight excluding hydrogens is 162 g/mol. The van der Waals surface area contributed by atoms with E-state index in [0.717, 1.165) is 6.42 Å². The number of hydrogen-bond donors (Lipinski definition) is 0. The summed E-state index contributed by atoms with van der Waals surface area (Å²) < 4.78 is 5.25. The summed E-state index contributed by atoms with van der Waals surface area (Å²) in [6.07, 6.45) is 0.753. The zero-order valence-corrected chi connectivity index (χ0v) is 8.64. The molecule has 0 bridgehead atoms. The minimum absolute atomic E-state index is 0.0197. The first kappa shape index (κ1) is 10.1. The highest BCUT2D eigenvalue weighted by Crippen LogP contribution is 2.45. The lowest BCUT2D eigenvalue weighted by Gasteiger charge is -2.10. The molecule has 2 nitrogen and oxygen atoms in total. The summed E-state index contributed by atoms with van der Waals surface area (Å²) in [6.45, 7) is 6.15. The molecule has 0 spiro atoms. The van der Waals surface area contributed by atoms with Gasteiger partial charge in [0.2, 0.25) is 0 Å². The van der Waals surface area contributed by atoms with Gasteiger partial charge < -0.3 is 4.74 Å². The van der Waals surface area contributed by atoms with Crippen LogP contribution in [0, 0.1) is 34.5 Å². The van der Waals surface area contributed by atoms with Gasteiger partial charge in [0.15, 0.2) is 0 Å². The van der Waals surface area contributed by atoms with E-state index in [1.807, 2.05) is 20.8 Å². The van der Waals surface area contributed by atoms with Gasteiger partial charge in [-0.3, -0.25) is 0 Å². The molecule has 0 aromatic rings. The smallest absolute Gasteiger partial charge is 0.145 e. The van der Waals surface area contributed by atoms with Crippen LogP contribution in [0.2, 0.25) is 0 Å². The maximum Gasteiger partial charge on any atom is 0.145 e. The average molecular weight is 177 g/mol. The molecule has 1 rings (SSSR count). The van der Waals surface area contributed by atoms with Crippen LogP contribution in [0.4, 0.5) is 0 Å². The van der Waals surface area contributed by atoms with Gasteiger partial charge in [-0.25, -0.2) is 0 Å². The predicted octanol–water partition coefficient (Wildman–Crippen LogP) is 1.96. The second-order valence-corrected chi connectivity index (χ2v) is 4.48. The van der Waals surface area contributed by atoms with Gasteiger partial charge >= 0.3 is 0 Å². The van der Waals surface area contributed by atoms with Crippen molar-refractivity contribution < 1.29 is 4.74 Å². The highest BCUT2D eigenvalue weighted by atomic mass is 16.5. The van der Waals surface area contributed by atoms with Crippen molar-refractivity contribution in [3.8, 4) is 17.9 Å². The van der Waals surface area contributed by atoms with E-state index < -0.39 is 5.60 Å². The lowest BCUT2D eigenvalue weighted by Crippen LogP contribution is -2.13. The molecular formula is C11H15NO. The summed E-state index contributed by atoms with van der Waals surface area (Å²) >= 11 is 0. The highest BCUT2D eigenvalue weighted by molar-refractivity contribution is 5.33. The number of methoxy groups -OCH3 is 1. The Kier molecular flexibility index (Phi) is 2.37. The second-order valence-electron chi connectivity index (χ2n) is 4.48. The molecule has 0 heterocycles. The Morgan fingerprint density at radius 2 is 2.08 bits per heavy atom. The van der Waals surface area contributed by atoms with Crippen molar-refractivity contribution in [3.05, 3.63) is 0 Å². The van der Waals surface area contributed by atoms with Gasteiger partial charge in [-0.15, -0.1) is 0 Å². The number of hydrogen-bond acceptors (Lipinski definition) is 2. The fraction of sp³-hybridized carbons (Fsp3) is 0.727. The summed E-state index contributed by atoms with van der Waals surface area (Å²) in [5, 5.41) is 8.70. The Balaban J connectivity index is 2.73. The minimum atomic E-state index is -0.456. The fourth-order valence-electron chi connectivity index (χ4n) is 1.10. The van der Waals surface area contributed by atoms with Gasteiger partial charge in [-0.2, -0.15) is 5.26 Å². The average Bonchev–Trinajstić information content (AvgIpc) is 2.75. The van der Waals surface area contributed by atoms with Crippen LogP contribution in [0.25, 0.3) is 0 Å². The topological polar surface area (TPSA) is 33.0 Å². The molecule has 1 fully saturated rings. The van der Waals surface area contributed by atoms with E-state index in [1.54, 1.807) is 7.11 Å². The lowest BCUT2D eigenvalue weighted by molar-refractivity contribution is 0.121. The molecule has 0 amide bonds. The molecule has 70 valence electrons. The molecule has 0 saturated heterocycles. The Bertz CT molecular complexity index is 297. The SMILES string of the molecule is CO[C@]1(C#CC(C)(C)C)C[C@H]1C#N. The first-order chi connectivity index (χ1) is 5.93. The number of rotatable bonds is 1. The molecule has 0 unspecified atom stereocenters. The first-order valence-electron chi connectivity index (χ1n) is 4.43. The standard InChI is InChI=1S/C11H15NO/c1-10(2,3)5-6-11(13-4)7-9(11)8-12/h9H,7H2,1-4H3/t9-,11+/m0/s1. The van der Waals surface area contributed by atoms with Gasteiger partial charge in [-0.05, 0) is 20.8 Å². The largest absolute Gasteiger partial charge is 0.364 e. The van der Waals surface area contributed by atoms with Crippen molar-refractivity contribution in [1.29, 1.82) is 5.26 Å². The van der Waals surface area contributed by atoms with Crippen LogP contribution in [-0.2, 0) is 4.74 Å². The van der Waals surface area contributed by atoms with Crippen molar-refractivity contribution in [2.45, 2.75) is 32.8 Å². The molecule has 2 atom stereocenters. The summed E-state index contributed by atoms with van der Waals surface area (Å²) in [5.41, 5.74) is -0.476. The Morgan fingerprint density at radius 1 is 1.46 bits per heavy atom. The predicted molar refractivity (Wildman–Crippen MR) is 50.7 cm³/mol. The van der Waals surface area contributed by atoms with Crippen LogP contribution in [0.5, 0.6) is 0 Å². The molecule has 0 aliphatic heterocycles. The maximum atomic E-state index is 8.70. The van der Waals surface area contributed by atoms with Crippen molar-refractivity contribution >= 4 is 0 Å². The zero-order valence-electron chi connectivity index (χ0n) is 8.64. The number of ether oxygens (including phenoxy) is 1. The first-order valence-corrected chi connectivity index (χ1v) is 4.43. The van der Waals surface area contributed by atoms with E-state index in [4.69, 9.17) is 10.00 Å². The van der Waals surface area contributed by atoms with Crippen LogP contribution >= 0.6 is 0 Å². The molecule has 13 heavy (non-hydrogen) atoms. The molecule has 0 radical (unpaired) electrons. The van der Waals surface area contributed by atoms with Crippen molar-refractivity contribution in [2.75, 3.05) is 7.11 Å². The molecule has 1 aliphatic carbocycles. The van der Waals surface area contributed by atoms with Gasteiger partial charge in [0.05, 0.1) is 12.0 Å². The van der Waals surface area contributed by atoms with E-state index >= 15 is 0 Å². The van der Waals surface area contributed by atoms with E-state index in [-0.39, 0.29) is 11.3 Å². The number of nitriles is 1. The van der Waals surface area contributed by atoms with Crippen LogP contribution in [0.15, 0.2) is 0 Å². The highest BCUT2D eigenvalue weighted by Gasteiger charge is 2.55. The van der Waals surface area contributed by atoms with E-state index in [2.05, 4.69) is 17.9 Å². The van der Waals surface area contributed by atoms with Gasteiger partial charge in [0.25, 0.3) is 0 Å². The van der Waals surface area contributed by atoms with Crippen molar-refractivity contribution in [3.63, 3.8) is 0 Å². The van der Waals surface area contributed by atoms with E-state index in [1.165, 1.54) is 0 Å². The summed E-state index contributed by atoms with van der Waals surface area (Å²) in [4.78, 5) is 0. The number of nitrogens with zero attached hydrogens (tertiary/aromatic N) is 1. The molecule has 0 aromatic carbocycles. The Labute approximate surface area is 79.9 Å². The summed E-state index contributed by atoms with van der Waals surface area (Å²) in [7, 11) is 1.62. The normalized spacial score (nSPS) is 31.5. The van der Waals surface area contributed by atoms with E-state index in [0.29, 0.717) is 0 Å². The molecule has 1 saturated carbocycles. The molecule has 1 aliphatic rings. The Morgan fingerprint density at radius 3 is 2.38 bits per heavy atom. The molecule has 2 heteroatoms. The van der Waals surface area contributed by atoms with Crippen LogP contribution in [0.1, 0.15) is 27.2 Å². The fourth-order valence-corrected chi connectivity index (χ4v) is 1.10. The van der Waals surface area contributed by atoms with Crippen LogP contribution in [0.3, 0.4) is 0 Å². The summed E-state index contributed by atoms with van der Waals surface area (Å²) in [5.74, 6) is 6.14. The Hall–Kier alpha value is -0.990. The van der Waals surface area contributed by atoms with E-state index in [9.17, 15) is 0 Å². The lowest BCUT2D eigenvalue weighted by atomic mass is 9.97. The van der Waals surface area contributed by atoms with Gasteiger partial charge in [-0.1, -0.05) is 11.8 Å². The zero-order chi connectivity index (χ0) is 10.1. The van der Waals surface area contributed by atoms with Crippen molar-refractivity contribution in [1.82, 2.24) is 0 Å². The monoisotopic (exact) mass is 177 g/mol.